The van der Waals surface area contributed by atoms with Crippen molar-refractivity contribution >= 4 is 40.7 Å². The predicted molar refractivity (Wildman–Crippen MR) is 124 cm³/mol. The maximum Gasteiger partial charge on any atom is 0.417 e. The number of benzene rings is 3. The summed E-state index contributed by atoms with van der Waals surface area (Å²) in [5.74, 6) is 0.141. The number of hydrogen-bond acceptors (Lipinski definition) is 5. The first-order valence-corrected chi connectivity index (χ1v) is 10.6. The summed E-state index contributed by atoms with van der Waals surface area (Å²) in [5.41, 5.74) is 3.46. The van der Waals surface area contributed by atoms with Gasteiger partial charge in [-0.15, -0.1) is 0 Å². The average molecular weight is 472 g/mol. The van der Waals surface area contributed by atoms with Crippen molar-refractivity contribution in [1.82, 2.24) is 4.90 Å². The van der Waals surface area contributed by atoms with Gasteiger partial charge in [0.05, 0.1) is 4.92 Å². The largest absolute Gasteiger partial charge is 0.417 e. The van der Waals surface area contributed by atoms with Crippen molar-refractivity contribution in [1.29, 1.82) is 0 Å². The molecule has 1 heterocycles. The highest BCUT2D eigenvalue weighted by atomic mass is 35.5. The second kappa shape index (κ2) is 9.16. The predicted octanol–water partition coefficient (Wildman–Crippen LogP) is 6.09. The number of para-hydroxylation sites is 1. The van der Waals surface area contributed by atoms with Crippen LogP contribution >= 0.6 is 23.2 Å². The van der Waals surface area contributed by atoms with Gasteiger partial charge in [0.25, 0.3) is 5.69 Å². The Bertz CT molecular complexity index is 1180. The topological polar surface area (TPSA) is 84.7 Å². The third kappa shape index (κ3) is 4.70. The Hall–Kier alpha value is -3.13. The fourth-order valence-corrected chi connectivity index (χ4v) is 4.47. The number of rotatable bonds is 4. The van der Waals surface area contributed by atoms with Gasteiger partial charge in [0.1, 0.15) is 5.75 Å². The van der Waals surface area contributed by atoms with Crippen LogP contribution in [-0.2, 0) is 6.54 Å². The van der Waals surface area contributed by atoms with E-state index in [-0.39, 0.29) is 17.4 Å². The number of anilines is 1. The van der Waals surface area contributed by atoms with Crippen LogP contribution in [0.3, 0.4) is 0 Å². The lowest BCUT2D eigenvalue weighted by Crippen LogP contribution is -2.32. The van der Waals surface area contributed by atoms with E-state index in [0.717, 1.165) is 23.2 Å². The highest BCUT2D eigenvalue weighted by Crippen LogP contribution is 2.40. The summed E-state index contributed by atoms with van der Waals surface area (Å²) in [4.78, 5) is 25.0. The minimum Gasteiger partial charge on any atom is -0.410 e. The maximum atomic E-state index is 12.5. The van der Waals surface area contributed by atoms with Crippen LogP contribution in [-0.4, -0.2) is 29.5 Å². The van der Waals surface area contributed by atoms with Crippen LogP contribution < -0.4 is 10.1 Å². The lowest BCUT2D eigenvalue weighted by Gasteiger charge is -2.34. The zero-order valence-electron chi connectivity index (χ0n) is 17.0. The zero-order valence-corrected chi connectivity index (χ0v) is 18.6. The molecule has 0 bridgehead atoms. The number of nitrogens with zero attached hydrogens (tertiary/aromatic N) is 2. The van der Waals surface area contributed by atoms with Crippen molar-refractivity contribution in [2.75, 3.05) is 18.9 Å². The van der Waals surface area contributed by atoms with Crippen molar-refractivity contribution in [2.24, 2.45) is 0 Å². The lowest BCUT2D eigenvalue weighted by molar-refractivity contribution is -0.384. The number of hydrogen-bond donors (Lipinski definition) is 1. The van der Waals surface area contributed by atoms with Gasteiger partial charge in [0.2, 0.25) is 0 Å². The molecule has 0 radical (unpaired) electrons. The van der Waals surface area contributed by atoms with E-state index in [2.05, 4.69) is 10.2 Å². The molecule has 0 spiro atoms. The van der Waals surface area contributed by atoms with E-state index in [1.54, 1.807) is 12.1 Å². The van der Waals surface area contributed by atoms with E-state index in [0.29, 0.717) is 22.3 Å². The molecule has 1 aliphatic rings. The average Bonchev–Trinajstić information content (AvgIpc) is 2.74. The summed E-state index contributed by atoms with van der Waals surface area (Å²) < 4.78 is 5.30. The Morgan fingerprint density at radius 3 is 2.56 bits per heavy atom. The van der Waals surface area contributed by atoms with Gasteiger partial charge in [0.15, 0.2) is 0 Å². The molecule has 32 heavy (non-hydrogen) atoms. The standard InChI is InChI=1S/C23H19Cl2N3O4/c1-27-12-19(18-10-14(24)11-21(25)20(18)13-27)17-4-2-3-5-22(17)26-23(29)32-16-8-6-15(7-9-16)28(30)31/h2-11,19H,12-13H2,1H3,(H,26,29). The number of non-ortho nitro benzene ring substituents is 1. The monoisotopic (exact) mass is 471 g/mol. The quantitative estimate of drug-likeness (QED) is 0.367. The molecule has 1 unspecified atom stereocenters. The highest BCUT2D eigenvalue weighted by molar-refractivity contribution is 6.35. The minimum atomic E-state index is -0.695. The third-order valence-corrected chi connectivity index (χ3v) is 5.88. The normalized spacial score (nSPS) is 15.7. The molecule has 164 valence electrons. The number of halogens is 2. The number of likely N-dealkylation sites (N-methyl/N-ethyl adjacent to an activating group) is 1. The molecule has 7 nitrogen and oxygen atoms in total. The number of fused-ring (bicyclic) bond motifs is 1. The molecule has 3 aromatic carbocycles. The van der Waals surface area contributed by atoms with E-state index in [4.69, 9.17) is 27.9 Å². The van der Waals surface area contributed by atoms with Gasteiger partial charge in [-0.25, -0.2) is 4.79 Å². The van der Waals surface area contributed by atoms with Crippen LogP contribution in [0.4, 0.5) is 16.2 Å². The summed E-state index contributed by atoms with van der Waals surface area (Å²) in [6, 6.07) is 16.4. The van der Waals surface area contributed by atoms with Crippen LogP contribution in [0.1, 0.15) is 22.6 Å². The Morgan fingerprint density at radius 1 is 1.12 bits per heavy atom. The summed E-state index contributed by atoms with van der Waals surface area (Å²) in [6.45, 7) is 1.43. The molecule has 1 N–H and O–H groups in total. The van der Waals surface area contributed by atoms with Crippen molar-refractivity contribution < 1.29 is 14.5 Å². The molecular formula is C23H19Cl2N3O4. The number of ether oxygens (including phenoxy) is 1. The number of nitro benzene ring substituents is 1. The van der Waals surface area contributed by atoms with Gasteiger partial charge >= 0.3 is 6.09 Å². The van der Waals surface area contributed by atoms with Crippen molar-refractivity contribution in [3.8, 4) is 5.75 Å². The maximum absolute atomic E-state index is 12.5. The van der Waals surface area contributed by atoms with Crippen LogP contribution in [0.5, 0.6) is 5.75 Å². The molecule has 0 saturated carbocycles. The van der Waals surface area contributed by atoms with E-state index < -0.39 is 11.0 Å². The van der Waals surface area contributed by atoms with Crippen molar-refractivity contribution in [3.05, 3.63) is 97.5 Å². The molecule has 1 amide bonds. The lowest BCUT2D eigenvalue weighted by atomic mass is 9.84. The number of nitrogens with one attached hydrogen (secondary N) is 1. The van der Waals surface area contributed by atoms with Crippen LogP contribution in [0.15, 0.2) is 60.7 Å². The fourth-order valence-electron chi connectivity index (χ4n) is 3.90. The van der Waals surface area contributed by atoms with Crippen LogP contribution in [0.25, 0.3) is 0 Å². The number of nitro groups is 1. The zero-order chi connectivity index (χ0) is 22.8. The number of carbonyl (C=O) groups excluding carboxylic acids is 1. The van der Waals surface area contributed by atoms with Crippen molar-refractivity contribution in [3.63, 3.8) is 0 Å². The van der Waals surface area contributed by atoms with Crippen LogP contribution in [0, 0.1) is 10.1 Å². The first kappa shape index (κ1) is 22.1. The Morgan fingerprint density at radius 2 is 1.84 bits per heavy atom. The Labute approximate surface area is 194 Å². The molecule has 3 aromatic rings. The first-order valence-electron chi connectivity index (χ1n) is 9.80. The van der Waals surface area contributed by atoms with E-state index >= 15 is 0 Å². The van der Waals surface area contributed by atoms with E-state index in [9.17, 15) is 14.9 Å². The summed E-state index contributed by atoms with van der Waals surface area (Å²) in [5, 5.41) is 14.7. The molecule has 4 rings (SSSR count). The second-order valence-corrected chi connectivity index (χ2v) is 8.40. The minimum absolute atomic E-state index is 0.0594. The molecule has 1 atom stereocenters. The molecular weight excluding hydrogens is 453 g/mol. The number of amides is 1. The summed E-state index contributed by atoms with van der Waals surface area (Å²) in [6.07, 6.45) is -0.695. The molecule has 0 fully saturated rings. The van der Waals surface area contributed by atoms with Crippen molar-refractivity contribution in [2.45, 2.75) is 12.5 Å². The highest BCUT2D eigenvalue weighted by Gasteiger charge is 2.29. The SMILES string of the molecule is CN1Cc2c(Cl)cc(Cl)cc2C(c2ccccc2NC(=O)Oc2ccc([N+](=O)[O-])cc2)C1. The van der Waals surface area contributed by atoms with Gasteiger partial charge in [0, 0.05) is 46.9 Å². The Balaban J connectivity index is 1.60. The molecule has 9 heteroatoms. The van der Waals surface area contributed by atoms with E-state index in [1.807, 2.05) is 31.3 Å². The molecule has 0 aromatic heterocycles. The fraction of sp³-hybridized carbons (Fsp3) is 0.174. The van der Waals surface area contributed by atoms with Gasteiger partial charge in [-0.05, 0) is 54.1 Å². The van der Waals surface area contributed by atoms with Gasteiger partial charge in [-0.1, -0.05) is 41.4 Å². The van der Waals surface area contributed by atoms with E-state index in [1.165, 1.54) is 24.3 Å². The smallest absolute Gasteiger partial charge is 0.410 e. The van der Waals surface area contributed by atoms with Crippen LogP contribution in [0.2, 0.25) is 10.0 Å². The Kier molecular flexibility index (Phi) is 6.32. The second-order valence-electron chi connectivity index (χ2n) is 7.56. The summed E-state index contributed by atoms with van der Waals surface area (Å²) >= 11 is 12.8. The molecule has 1 aliphatic heterocycles. The van der Waals surface area contributed by atoms with Gasteiger partial charge < -0.3 is 9.64 Å². The van der Waals surface area contributed by atoms with Gasteiger partial charge in [-0.3, -0.25) is 15.4 Å². The third-order valence-electron chi connectivity index (χ3n) is 5.32. The first-order chi connectivity index (χ1) is 15.3. The van der Waals surface area contributed by atoms with Gasteiger partial charge in [-0.2, -0.15) is 0 Å². The summed E-state index contributed by atoms with van der Waals surface area (Å²) in [7, 11) is 2.01. The number of carbonyl (C=O) groups is 1. The molecule has 0 saturated heterocycles. The molecule has 0 aliphatic carbocycles.